The summed E-state index contributed by atoms with van der Waals surface area (Å²) >= 11 is 0. The number of nitrogens with one attached hydrogen (secondary N) is 2. The first-order valence-electron chi connectivity index (χ1n) is 20.8. The van der Waals surface area contributed by atoms with E-state index in [-0.39, 0.29) is 31.7 Å². The first kappa shape index (κ1) is 43.5. The Morgan fingerprint density at radius 2 is 1.87 bits per heavy atom. The normalized spacial score (nSPS) is 30.0. The smallest absolute Gasteiger partial charge is 0.408 e. The van der Waals surface area contributed by atoms with Gasteiger partial charge in [-0.15, -0.1) is 0 Å². The molecule has 0 spiro atoms. The van der Waals surface area contributed by atoms with Gasteiger partial charge in [0.2, 0.25) is 33.6 Å². The van der Waals surface area contributed by atoms with E-state index < -0.39 is 91.9 Å². The van der Waals surface area contributed by atoms with Crippen molar-refractivity contribution in [1.29, 1.82) is 0 Å². The molecule has 4 heterocycles. The lowest BCUT2D eigenvalue weighted by Gasteiger charge is -2.47. The monoisotopic (exact) mass is 859 g/mol. The summed E-state index contributed by atoms with van der Waals surface area (Å²) < 4.78 is 77.4. The number of amides is 4. The van der Waals surface area contributed by atoms with Crippen molar-refractivity contribution in [2.45, 2.75) is 151 Å². The number of hydrogen-bond acceptors (Lipinski definition) is 10. The van der Waals surface area contributed by atoms with E-state index in [1.165, 1.54) is 6.92 Å². The van der Waals surface area contributed by atoms with E-state index in [0.717, 1.165) is 42.5 Å². The predicted molar refractivity (Wildman–Crippen MR) is 215 cm³/mol. The Bertz CT molecular complexity index is 2190. The summed E-state index contributed by atoms with van der Waals surface area (Å²) in [6.45, 7) is 7.71. The Hall–Kier alpha value is -4.58. The highest BCUT2D eigenvalue weighted by Crippen LogP contribution is 2.48. The number of sulfonamides is 1. The molecule has 1 saturated heterocycles. The van der Waals surface area contributed by atoms with Gasteiger partial charge in [-0.3, -0.25) is 24.0 Å². The molecule has 15 nitrogen and oxygen atoms in total. The van der Waals surface area contributed by atoms with Crippen LogP contribution in [0.4, 0.5) is 13.6 Å². The van der Waals surface area contributed by atoms with Crippen molar-refractivity contribution in [2.24, 2.45) is 5.92 Å². The first-order valence-corrected chi connectivity index (χ1v) is 22.2. The van der Waals surface area contributed by atoms with Gasteiger partial charge in [0.25, 0.3) is 11.8 Å². The maximum absolute atomic E-state index is 15.5. The lowest BCUT2D eigenvalue weighted by atomic mass is 9.90. The molecular weight excluding hydrogens is 805 g/mol. The molecule has 2 saturated carbocycles. The zero-order valence-electron chi connectivity index (χ0n) is 34.8. The van der Waals surface area contributed by atoms with Gasteiger partial charge in [-0.05, 0) is 90.5 Å². The number of carboxylic acid groups (broad SMARTS) is 1. The number of allylic oxidation sites excluding steroid dienone is 1. The first-order chi connectivity index (χ1) is 28.1. The van der Waals surface area contributed by atoms with E-state index in [0.29, 0.717) is 55.4 Å². The van der Waals surface area contributed by atoms with Gasteiger partial charge in [-0.2, -0.15) is 4.98 Å². The summed E-state index contributed by atoms with van der Waals surface area (Å²) in [7, 11) is -4.11. The number of aromatic nitrogens is 1. The summed E-state index contributed by atoms with van der Waals surface area (Å²) in [4.78, 5) is 63.5. The number of rotatable bonds is 9. The molecule has 3 N–H and O–H groups in total. The standard InChI is InChI=1S/C42H55F2N5O10S/c1-7-31-32(49(38(53)54)39(3,4)41(6,43)44)36(51)48-23-26(59-35-29-16-11-10-15-27(29)28-17-12-20-57-34(28)45-35)21-30(48)33(50)46-42(22-25(42)14-9-8-13-24(2)58-31)37(52)47-60(55,56)40(5)18-19-40/h9-11,14-16,24-26,30-32H,7-8,12-13,17-23H2,1-6H3,(H,46,50)(H,47,52)(H,53,54)/b14-9-/t24-,25-,26-,30+,31+,32+,42-/m1/s1. The number of halogens is 2. The Morgan fingerprint density at radius 3 is 2.52 bits per heavy atom. The zero-order valence-corrected chi connectivity index (χ0v) is 35.7. The van der Waals surface area contributed by atoms with Gasteiger partial charge in [0, 0.05) is 30.2 Å². The molecular formula is C42H55F2N5O10S. The number of carbonyl (C=O) groups is 4. The Labute approximate surface area is 348 Å². The molecule has 7 atom stereocenters. The average Bonchev–Trinajstić information content (AvgIpc) is 4.07. The van der Waals surface area contributed by atoms with Crippen LogP contribution in [0, 0.1) is 5.92 Å². The fraction of sp³-hybridized carbons (Fsp3) is 0.643. The Morgan fingerprint density at radius 1 is 1.17 bits per heavy atom. The summed E-state index contributed by atoms with van der Waals surface area (Å²) in [5.41, 5.74) is -3.23. The summed E-state index contributed by atoms with van der Waals surface area (Å²) in [5.74, 6) is -6.40. The van der Waals surface area contributed by atoms with Crippen LogP contribution in [0.25, 0.3) is 10.8 Å². The van der Waals surface area contributed by atoms with Crippen LogP contribution >= 0.6 is 0 Å². The number of carbonyl (C=O) groups excluding carboxylic acids is 3. The molecule has 0 radical (unpaired) electrons. The highest BCUT2D eigenvalue weighted by atomic mass is 32.2. The third-order valence-electron chi connectivity index (χ3n) is 13.2. The van der Waals surface area contributed by atoms with Crippen LogP contribution in [0.2, 0.25) is 0 Å². The number of hydrogen-bond donors (Lipinski definition) is 3. The Kier molecular flexibility index (Phi) is 11.4. The van der Waals surface area contributed by atoms with Crippen molar-refractivity contribution < 1.29 is 55.7 Å². The third-order valence-corrected chi connectivity index (χ3v) is 15.3. The van der Waals surface area contributed by atoms with Crippen LogP contribution in [-0.2, 0) is 35.6 Å². The van der Waals surface area contributed by atoms with Gasteiger partial charge < -0.3 is 29.5 Å². The predicted octanol–water partition coefficient (Wildman–Crippen LogP) is 5.10. The van der Waals surface area contributed by atoms with Crippen molar-refractivity contribution in [3.8, 4) is 11.8 Å². The van der Waals surface area contributed by atoms with Gasteiger partial charge in [0.1, 0.15) is 29.3 Å². The minimum atomic E-state index is -4.11. The van der Waals surface area contributed by atoms with Crippen molar-refractivity contribution in [2.75, 3.05) is 13.2 Å². The lowest BCUT2D eigenvalue weighted by molar-refractivity contribution is -0.166. The Balaban J connectivity index is 1.31. The molecule has 328 valence electrons. The minimum Gasteiger partial charge on any atom is -0.477 e. The second-order valence-electron chi connectivity index (χ2n) is 17.8. The number of alkyl halides is 2. The highest BCUT2D eigenvalue weighted by molar-refractivity contribution is 7.91. The van der Waals surface area contributed by atoms with E-state index in [4.69, 9.17) is 19.2 Å². The molecule has 4 amide bonds. The molecule has 3 aliphatic heterocycles. The number of fused-ring (bicyclic) bond motifs is 5. The van der Waals surface area contributed by atoms with Crippen molar-refractivity contribution in [3.05, 3.63) is 42.0 Å². The van der Waals surface area contributed by atoms with Crippen LogP contribution in [-0.4, -0.2) is 117 Å². The molecule has 2 aliphatic carbocycles. The average molecular weight is 860 g/mol. The molecule has 60 heavy (non-hydrogen) atoms. The number of aryl methyl sites for hydroxylation is 1. The number of benzene rings is 1. The molecule has 0 unspecified atom stereocenters. The molecule has 7 rings (SSSR count). The molecule has 2 aromatic rings. The van der Waals surface area contributed by atoms with E-state index in [1.807, 2.05) is 24.3 Å². The topological polar surface area (TPSA) is 194 Å². The minimum absolute atomic E-state index is 0.0418. The number of nitrogens with zero attached hydrogens (tertiary/aromatic N) is 3. The van der Waals surface area contributed by atoms with E-state index in [9.17, 15) is 27.9 Å². The molecule has 1 aromatic carbocycles. The highest BCUT2D eigenvalue weighted by Gasteiger charge is 2.64. The fourth-order valence-corrected chi connectivity index (χ4v) is 9.92. The van der Waals surface area contributed by atoms with Crippen LogP contribution in [0.3, 0.4) is 0 Å². The largest absolute Gasteiger partial charge is 0.477 e. The molecule has 0 bridgehead atoms. The zero-order chi connectivity index (χ0) is 43.6. The van der Waals surface area contributed by atoms with Crippen LogP contribution in [0.5, 0.6) is 11.8 Å². The second-order valence-corrected chi connectivity index (χ2v) is 20.0. The van der Waals surface area contributed by atoms with Crippen molar-refractivity contribution in [1.82, 2.24) is 24.8 Å². The quantitative estimate of drug-likeness (QED) is 0.284. The summed E-state index contributed by atoms with van der Waals surface area (Å²) in [6, 6.07) is 4.15. The molecule has 5 aliphatic rings. The second kappa shape index (κ2) is 15.7. The van der Waals surface area contributed by atoms with E-state index in [2.05, 4.69) is 10.0 Å². The molecule has 18 heteroatoms. The van der Waals surface area contributed by atoms with Gasteiger partial charge in [0.05, 0.1) is 30.1 Å². The van der Waals surface area contributed by atoms with Gasteiger partial charge in [-0.25, -0.2) is 22.0 Å². The van der Waals surface area contributed by atoms with Crippen LogP contribution in [0.15, 0.2) is 36.4 Å². The maximum atomic E-state index is 15.5. The molecule has 3 fully saturated rings. The molecule has 1 aromatic heterocycles. The van der Waals surface area contributed by atoms with E-state index in [1.54, 1.807) is 26.0 Å². The van der Waals surface area contributed by atoms with Crippen LogP contribution < -0.4 is 19.5 Å². The number of ether oxygens (including phenoxy) is 3. The van der Waals surface area contributed by atoms with Gasteiger partial charge in [0.15, 0.2) is 0 Å². The van der Waals surface area contributed by atoms with Crippen LogP contribution in [0.1, 0.15) is 98.5 Å². The SMILES string of the molecule is CC[C@@H]1O[C@H](C)CC/C=C\[C@@H]2C[C@@]2(C(=O)NS(=O)(=O)C2(C)CC2)NC(=O)[C@@H]2C[C@@H](Oc3nc4c(c5ccccc35)CCCO4)CN2C(=O)[C@H]1N(C(=O)O)C(C)(C)C(C)(F)F. The number of pyridine rings is 1. The van der Waals surface area contributed by atoms with Gasteiger partial charge in [-0.1, -0.05) is 37.3 Å². The van der Waals surface area contributed by atoms with Crippen molar-refractivity contribution in [3.63, 3.8) is 0 Å². The fourth-order valence-electron chi connectivity index (χ4n) is 8.61. The van der Waals surface area contributed by atoms with E-state index >= 15 is 13.6 Å². The maximum Gasteiger partial charge on any atom is 0.408 e. The van der Waals surface area contributed by atoms with Gasteiger partial charge >= 0.3 is 6.09 Å². The third kappa shape index (κ3) is 7.89. The summed E-state index contributed by atoms with van der Waals surface area (Å²) in [5, 5.41) is 15.0. The summed E-state index contributed by atoms with van der Waals surface area (Å²) in [6.07, 6.45) is 1.94. The van der Waals surface area contributed by atoms with Crippen molar-refractivity contribution >= 4 is 44.6 Å². The lowest BCUT2D eigenvalue weighted by Crippen LogP contribution is -2.68.